The van der Waals surface area contributed by atoms with E-state index in [9.17, 15) is 8.78 Å². The molecule has 0 saturated heterocycles. The zero-order chi connectivity index (χ0) is 20.6. The molecule has 4 aromatic rings. The zero-order valence-electron chi connectivity index (χ0n) is 14.7. The second-order valence-electron chi connectivity index (χ2n) is 6.49. The number of alkyl halides is 2. The first-order valence-electron chi connectivity index (χ1n) is 8.56. The van der Waals surface area contributed by atoms with Crippen LogP contribution in [0.3, 0.4) is 0 Å². The van der Waals surface area contributed by atoms with E-state index in [1.165, 1.54) is 35.5 Å². The lowest BCUT2D eigenvalue weighted by atomic mass is 9.89. The highest BCUT2D eigenvalue weighted by atomic mass is 35.5. The molecule has 0 spiro atoms. The molecular weight excluding hydrogens is 408 g/mol. The first-order chi connectivity index (χ1) is 13.8. The highest BCUT2D eigenvalue weighted by Gasteiger charge is 2.45. The highest BCUT2D eigenvalue weighted by Crippen LogP contribution is 2.43. The van der Waals surface area contributed by atoms with Crippen LogP contribution in [0.25, 0.3) is 10.9 Å². The molecule has 4 rings (SSSR count). The lowest BCUT2D eigenvalue weighted by Crippen LogP contribution is -2.30. The van der Waals surface area contributed by atoms with Crippen LogP contribution in [-0.4, -0.2) is 19.7 Å². The molecule has 0 N–H and O–H groups in total. The summed E-state index contributed by atoms with van der Waals surface area (Å²) in [6, 6.07) is 9.88. The van der Waals surface area contributed by atoms with Gasteiger partial charge in [-0.2, -0.15) is 13.9 Å². The standard InChI is InChI=1S/C20H13ClF4N4/c21-13-2-5-18-12(7-13)1-6-19(28-18)20(24,25)16(9-29-11-26-10-27-29)15-4-3-14(22)8-17(15)23/h1-8,10-11,16H,9H2. The molecule has 0 aliphatic carbocycles. The molecule has 29 heavy (non-hydrogen) atoms. The summed E-state index contributed by atoms with van der Waals surface area (Å²) in [5.41, 5.74) is -0.559. The van der Waals surface area contributed by atoms with Crippen molar-refractivity contribution in [3.8, 4) is 0 Å². The third kappa shape index (κ3) is 3.80. The van der Waals surface area contributed by atoms with Gasteiger partial charge in [0, 0.05) is 16.5 Å². The number of halogens is 5. The summed E-state index contributed by atoms with van der Waals surface area (Å²) >= 11 is 5.92. The van der Waals surface area contributed by atoms with E-state index in [1.807, 2.05) is 0 Å². The third-order valence-electron chi connectivity index (χ3n) is 4.60. The minimum atomic E-state index is -3.58. The maximum absolute atomic E-state index is 15.6. The van der Waals surface area contributed by atoms with E-state index in [0.29, 0.717) is 22.0 Å². The normalized spacial score (nSPS) is 13.0. The molecule has 0 fully saturated rings. The van der Waals surface area contributed by atoms with Gasteiger partial charge >= 0.3 is 0 Å². The predicted molar refractivity (Wildman–Crippen MR) is 99.8 cm³/mol. The summed E-state index contributed by atoms with van der Waals surface area (Å²) in [6.07, 6.45) is 2.44. The molecule has 0 radical (unpaired) electrons. The largest absolute Gasteiger partial charge is 0.298 e. The molecule has 0 aliphatic rings. The Bertz CT molecular complexity index is 1160. The number of hydrogen-bond acceptors (Lipinski definition) is 3. The third-order valence-corrected chi connectivity index (χ3v) is 4.84. The van der Waals surface area contributed by atoms with Gasteiger partial charge < -0.3 is 0 Å². The van der Waals surface area contributed by atoms with Crippen molar-refractivity contribution in [2.24, 2.45) is 0 Å². The van der Waals surface area contributed by atoms with Gasteiger partial charge in [0.1, 0.15) is 30.0 Å². The van der Waals surface area contributed by atoms with Gasteiger partial charge in [-0.1, -0.05) is 23.7 Å². The van der Waals surface area contributed by atoms with Crippen molar-refractivity contribution in [3.63, 3.8) is 0 Å². The summed E-state index contributed by atoms with van der Waals surface area (Å²) in [6.45, 7) is -0.379. The van der Waals surface area contributed by atoms with Crippen LogP contribution in [0.2, 0.25) is 5.02 Å². The zero-order valence-corrected chi connectivity index (χ0v) is 15.5. The van der Waals surface area contributed by atoms with Crippen LogP contribution in [0.4, 0.5) is 17.6 Å². The van der Waals surface area contributed by atoms with Gasteiger partial charge in [-0.25, -0.2) is 18.7 Å². The predicted octanol–water partition coefficient (Wildman–Crippen LogP) is 5.33. The number of pyridine rings is 1. The van der Waals surface area contributed by atoms with Gasteiger partial charge in [-0.15, -0.1) is 0 Å². The Morgan fingerprint density at radius 3 is 2.59 bits per heavy atom. The van der Waals surface area contributed by atoms with Gasteiger partial charge in [-0.3, -0.25) is 4.68 Å². The van der Waals surface area contributed by atoms with Crippen LogP contribution in [0.1, 0.15) is 17.2 Å². The average Bonchev–Trinajstić information content (AvgIpc) is 3.19. The fourth-order valence-corrected chi connectivity index (χ4v) is 3.35. The minimum Gasteiger partial charge on any atom is -0.252 e. The Morgan fingerprint density at radius 1 is 1.03 bits per heavy atom. The summed E-state index contributed by atoms with van der Waals surface area (Å²) in [7, 11) is 0. The van der Waals surface area contributed by atoms with Crippen molar-refractivity contribution < 1.29 is 17.6 Å². The van der Waals surface area contributed by atoms with Crippen molar-refractivity contribution in [2.75, 3.05) is 0 Å². The van der Waals surface area contributed by atoms with Gasteiger partial charge in [-0.05, 0) is 35.9 Å². The van der Waals surface area contributed by atoms with Gasteiger partial charge in [0.15, 0.2) is 0 Å². The summed E-state index contributed by atoms with van der Waals surface area (Å²) in [5, 5.41) is 4.89. The van der Waals surface area contributed by atoms with Gasteiger partial charge in [0.25, 0.3) is 5.92 Å². The topological polar surface area (TPSA) is 43.6 Å². The molecule has 148 valence electrons. The Hall–Kier alpha value is -3.00. The molecule has 4 nitrogen and oxygen atoms in total. The molecule has 1 atom stereocenters. The lowest BCUT2D eigenvalue weighted by Gasteiger charge is -2.27. The van der Waals surface area contributed by atoms with Crippen LogP contribution in [0.15, 0.2) is 61.2 Å². The number of benzene rings is 2. The van der Waals surface area contributed by atoms with E-state index < -0.39 is 29.2 Å². The lowest BCUT2D eigenvalue weighted by molar-refractivity contribution is -0.0451. The number of aromatic nitrogens is 4. The second-order valence-corrected chi connectivity index (χ2v) is 6.93. The number of nitrogens with zero attached hydrogens (tertiary/aromatic N) is 4. The van der Waals surface area contributed by atoms with Crippen molar-refractivity contribution in [2.45, 2.75) is 18.4 Å². The number of rotatable bonds is 5. The van der Waals surface area contributed by atoms with E-state index in [0.717, 1.165) is 12.1 Å². The molecule has 2 aromatic heterocycles. The van der Waals surface area contributed by atoms with Crippen molar-refractivity contribution in [3.05, 3.63) is 89.1 Å². The molecule has 2 heterocycles. The van der Waals surface area contributed by atoms with Crippen LogP contribution in [-0.2, 0) is 12.5 Å². The van der Waals surface area contributed by atoms with Crippen LogP contribution < -0.4 is 0 Å². The molecule has 0 saturated carbocycles. The SMILES string of the molecule is Fc1ccc(C(Cn2cncn2)C(F)(F)c2ccc3cc(Cl)ccc3n2)c(F)c1. The molecule has 0 bridgehead atoms. The first-order valence-corrected chi connectivity index (χ1v) is 8.94. The minimum absolute atomic E-state index is 0.325. The van der Waals surface area contributed by atoms with Gasteiger partial charge in [0.05, 0.1) is 18.0 Å². The molecular formula is C20H13ClF4N4. The Morgan fingerprint density at radius 2 is 1.86 bits per heavy atom. The van der Waals surface area contributed by atoms with Crippen LogP contribution in [0, 0.1) is 11.6 Å². The Balaban J connectivity index is 1.82. The average molecular weight is 421 g/mol. The molecule has 0 aliphatic heterocycles. The monoisotopic (exact) mass is 420 g/mol. The maximum Gasteiger partial charge on any atom is 0.298 e. The number of hydrogen-bond donors (Lipinski definition) is 0. The summed E-state index contributed by atoms with van der Waals surface area (Å²) in [5.74, 6) is -7.20. The van der Waals surface area contributed by atoms with Gasteiger partial charge in [0.2, 0.25) is 0 Å². The van der Waals surface area contributed by atoms with Crippen molar-refractivity contribution >= 4 is 22.5 Å². The maximum atomic E-state index is 15.6. The highest BCUT2D eigenvalue weighted by molar-refractivity contribution is 6.31. The van der Waals surface area contributed by atoms with Crippen molar-refractivity contribution in [1.29, 1.82) is 0 Å². The quantitative estimate of drug-likeness (QED) is 0.410. The Kier molecular flexibility index (Phi) is 4.96. The van der Waals surface area contributed by atoms with E-state index in [2.05, 4.69) is 15.1 Å². The molecule has 2 aromatic carbocycles. The smallest absolute Gasteiger partial charge is 0.252 e. The molecule has 0 amide bonds. The van der Waals surface area contributed by atoms with E-state index in [4.69, 9.17) is 11.6 Å². The Labute approximate surface area is 167 Å². The number of fused-ring (bicyclic) bond motifs is 1. The van der Waals surface area contributed by atoms with E-state index >= 15 is 8.78 Å². The van der Waals surface area contributed by atoms with E-state index in [1.54, 1.807) is 12.1 Å². The second kappa shape index (κ2) is 7.44. The summed E-state index contributed by atoms with van der Waals surface area (Å²) < 4.78 is 60.1. The van der Waals surface area contributed by atoms with E-state index in [-0.39, 0.29) is 12.1 Å². The molecule has 1 unspecified atom stereocenters. The fourth-order valence-electron chi connectivity index (χ4n) is 3.17. The van der Waals surface area contributed by atoms with Crippen molar-refractivity contribution in [1.82, 2.24) is 19.7 Å². The molecule has 9 heteroatoms. The fraction of sp³-hybridized carbons (Fsp3) is 0.150. The summed E-state index contributed by atoms with van der Waals surface area (Å²) in [4.78, 5) is 7.79. The van der Waals surface area contributed by atoms with Crippen LogP contribution >= 0.6 is 11.6 Å². The first kappa shape index (κ1) is 19.3. The van der Waals surface area contributed by atoms with Crippen LogP contribution in [0.5, 0.6) is 0 Å².